The quantitative estimate of drug-likeness (QED) is 0.702. The highest BCUT2D eigenvalue weighted by Gasteiger charge is 2.17. The second-order valence-electron chi connectivity index (χ2n) is 6.15. The first-order chi connectivity index (χ1) is 12.6. The molecule has 0 unspecified atom stereocenters. The van der Waals surface area contributed by atoms with E-state index in [4.69, 9.17) is 4.74 Å². The highest BCUT2D eigenvalue weighted by Crippen LogP contribution is 2.12. The van der Waals surface area contributed by atoms with Crippen molar-refractivity contribution >= 4 is 11.9 Å². The molecule has 1 amide bonds. The number of carbonyl (C=O) groups is 2. The standard InChI is InChI=1S/C21H25NO4/c1-16(21(24)25-2)12-20(23)22-13-18-10-6-7-11-19(18)15-26-14-17-8-4-3-5-9-17/h3-11,16H,12-15H2,1-2H3,(H,22,23)/t16-/m0/s1. The smallest absolute Gasteiger partial charge is 0.308 e. The Hall–Kier alpha value is -2.66. The molecule has 0 heterocycles. The Bertz CT molecular complexity index is 715. The summed E-state index contributed by atoms with van der Waals surface area (Å²) in [7, 11) is 1.32. The topological polar surface area (TPSA) is 64.6 Å². The SMILES string of the molecule is COC(=O)[C@@H](C)CC(=O)NCc1ccccc1COCc1ccccc1. The fourth-order valence-corrected chi connectivity index (χ4v) is 2.55. The summed E-state index contributed by atoms with van der Waals surface area (Å²) >= 11 is 0. The first-order valence-corrected chi connectivity index (χ1v) is 8.63. The second-order valence-corrected chi connectivity index (χ2v) is 6.15. The number of amides is 1. The van der Waals surface area contributed by atoms with Gasteiger partial charge in [-0.3, -0.25) is 9.59 Å². The van der Waals surface area contributed by atoms with Crippen molar-refractivity contribution < 1.29 is 19.1 Å². The molecule has 0 aromatic heterocycles. The molecular weight excluding hydrogens is 330 g/mol. The largest absolute Gasteiger partial charge is 0.469 e. The molecule has 0 aliphatic rings. The predicted octanol–water partition coefficient (Wildman–Crippen LogP) is 3.22. The van der Waals surface area contributed by atoms with E-state index in [2.05, 4.69) is 10.1 Å². The number of esters is 1. The van der Waals surface area contributed by atoms with E-state index in [1.165, 1.54) is 7.11 Å². The lowest BCUT2D eigenvalue weighted by Gasteiger charge is -2.13. The molecule has 2 aromatic rings. The van der Waals surface area contributed by atoms with Gasteiger partial charge in [0.25, 0.3) is 0 Å². The molecular formula is C21H25NO4. The Morgan fingerprint density at radius 2 is 1.62 bits per heavy atom. The van der Waals surface area contributed by atoms with Gasteiger partial charge in [0.05, 0.1) is 26.2 Å². The summed E-state index contributed by atoms with van der Waals surface area (Å²) in [5.41, 5.74) is 3.15. The molecule has 1 atom stereocenters. The molecule has 0 aliphatic heterocycles. The van der Waals surface area contributed by atoms with Crippen molar-refractivity contribution in [2.75, 3.05) is 7.11 Å². The fourth-order valence-electron chi connectivity index (χ4n) is 2.55. The third-order valence-electron chi connectivity index (χ3n) is 4.06. The average Bonchev–Trinajstić information content (AvgIpc) is 2.67. The molecule has 0 saturated carbocycles. The van der Waals surface area contributed by atoms with E-state index < -0.39 is 5.92 Å². The number of ether oxygens (including phenoxy) is 2. The normalized spacial score (nSPS) is 11.6. The summed E-state index contributed by atoms with van der Waals surface area (Å²) in [6.45, 7) is 3.09. The van der Waals surface area contributed by atoms with Gasteiger partial charge in [0, 0.05) is 13.0 Å². The molecule has 138 valence electrons. The molecule has 1 N–H and O–H groups in total. The zero-order valence-electron chi connectivity index (χ0n) is 15.2. The van der Waals surface area contributed by atoms with E-state index in [-0.39, 0.29) is 18.3 Å². The minimum Gasteiger partial charge on any atom is -0.469 e. The van der Waals surface area contributed by atoms with Crippen LogP contribution in [0.4, 0.5) is 0 Å². The van der Waals surface area contributed by atoms with Gasteiger partial charge in [-0.05, 0) is 16.7 Å². The van der Waals surface area contributed by atoms with E-state index in [9.17, 15) is 9.59 Å². The number of hydrogen-bond donors (Lipinski definition) is 1. The lowest BCUT2D eigenvalue weighted by Crippen LogP contribution is -2.27. The van der Waals surface area contributed by atoms with Gasteiger partial charge in [-0.15, -0.1) is 0 Å². The molecule has 26 heavy (non-hydrogen) atoms. The number of carbonyl (C=O) groups excluding carboxylic acids is 2. The summed E-state index contributed by atoms with van der Waals surface area (Å²) in [4.78, 5) is 23.4. The molecule has 0 radical (unpaired) electrons. The summed E-state index contributed by atoms with van der Waals surface area (Å²) in [6, 6.07) is 17.8. The number of hydrogen-bond acceptors (Lipinski definition) is 4. The third-order valence-corrected chi connectivity index (χ3v) is 4.06. The maximum absolute atomic E-state index is 12.0. The van der Waals surface area contributed by atoms with Crippen molar-refractivity contribution in [3.63, 3.8) is 0 Å². The highest BCUT2D eigenvalue weighted by molar-refractivity contribution is 5.82. The van der Waals surface area contributed by atoms with Crippen LogP contribution in [-0.2, 0) is 38.8 Å². The summed E-state index contributed by atoms with van der Waals surface area (Å²) in [5.74, 6) is -1.01. The van der Waals surface area contributed by atoms with Crippen LogP contribution in [0.25, 0.3) is 0 Å². The van der Waals surface area contributed by atoms with E-state index >= 15 is 0 Å². The van der Waals surface area contributed by atoms with Gasteiger partial charge >= 0.3 is 5.97 Å². The molecule has 0 bridgehead atoms. The number of methoxy groups -OCH3 is 1. The Kier molecular flexibility index (Phi) is 7.83. The summed E-state index contributed by atoms with van der Waals surface area (Å²) in [6.07, 6.45) is 0.110. The van der Waals surface area contributed by atoms with Gasteiger partial charge < -0.3 is 14.8 Å². The molecule has 5 nitrogen and oxygen atoms in total. The van der Waals surface area contributed by atoms with Crippen molar-refractivity contribution in [2.24, 2.45) is 5.92 Å². The van der Waals surface area contributed by atoms with Gasteiger partial charge in [0.15, 0.2) is 0 Å². The maximum atomic E-state index is 12.0. The molecule has 2 aromatic carbocycles. The fraction of sp³-hybridized carbons (Fsp3) is 0.333. The Morgan fingerprint density at radius 1 is 0.962 bits per heavy atom. The molecule has 0 aliphatic carbocycles. The van der Waals surface area contributed by atoms with Crippen molar-refractivity contribution in [1.29, 1.82) is 0 Å². The summed E-state index contributed by atoms with van der Waals surface area (Å²) in [5, 5.41) is 2.86. The molecule has 2 rings (SSSR count). The van der Waals surface area contributed by atoms with Crippen LogP contribution in [0.1, 0.15) is 30.0 Å². The van der Waals surface area contributed by atoms with Crippen molar-refractivity contribution in [3.05, 3.63) is 71.3 Å². The minimum atomic E-state index is -0.454. The molecule has 0 saturated heterocycles. The lowest BCUT2D eigenvalue weighted by molar-refractivity contribution is -0.146. The van der Waals surface area contributed by atoms with E-state index in [1.807, 2.05) is 54.6 Å². The highest BCUT2D eigenvalue weighted by atomic mass is 16.5. The Labute approximate surface area is 154 Å². The second kappa shape index (κ2) is 10.4. The van der Waals surface area contributed by atoms with Gasteiger partial charge in [0.1, 0.15) is 0 Å². The first-order valence-electron chi connectivity index (χ1n) is 8.63. The van der Waals surface area contributed by atoms with Crippen LogP contribution < -0.4 is 5.32 Å². The van der Waals surface area contributed by atoms with Gasteiger partial charge in [-0.25, -0.2) is 0 Å². The van der Waals surface area contributed by atoms with E-state index in [0.29, 0.717) is 19.8 Å². The van der Waals surface area contributed by atoms with Crippen LogP contribution >= 0.6 is 0 Å². The van der Waals surface area contributed by atoms with Crippen molar-refractivity contribution in [1.82, 2.24) is 5.32 Å². The first kappa shape index (κ1) is 19.7. The van der Waals surface area contributed by atoms with Gasteiger partial charge in [0.2, 0.25) is 5.91 Å². The van der Waals surface area contributed by atoms with Crippen LogP contribution in [0.3, 0.4) is 0 Å². The van der Waals surface area contributed by atoms with Crippen LogP contribution in [0.2, 0.25) is 0 Å². The van der Waals surface area contributed by atoms with Crippen molar-refractivity contribution in [3.8, 4) is 0 Å². The van der Waals surface area contributed by atoms with Crippen LogP contribution in [-0.4, -0.2) is 19.0 Å². The molecule has 0 fully saturated rings. The van der Waals surface area contributed by atoms with Crippen LogP contribution in [0, 0.1) is 5.92 Å². The zero-order valence-corrected chi connectivity index (χ0v) is 15.2. The number of benzene rings is 2. The Morgan fingerprint density at radius 3 is 2.31 bits per heavy atom. The van der Waals surface area contributed by atoms with Crippen LogP contribution in [0.15, 0.2) is 54.6 Å². The minimum absolute atomic E-state index is 0.110. The Balaban J connectivity index is 1.84. The van der Waals surface area contributed by atoms with E-state index in [1.54, 1.807) is 6.92 Å². The average molecular weight is 355 g/mol. The zero-order chi connectivity index (χ0) is 18.8. The summed E-state index contributed by atoms with van der Waals surface area (Å²) < 4.78 is 10.4. The van der Waals surface area contributed by atoms with Crippen LogP contribution in [0.5, 0.6) is 0 Å². The molecule has 0 spiro atoms. The predicted molar refractivity (Wildman–Crippen MR) is 99.0 cm³/mol. The maximum Gasteiger partial charge on any atom is 0.308 e. The molecule has 5 heteroatoms. The monoisotopic (exact) mass is 355 g/mol. The van der Waals surface area contributed by atoms with Gasteiger partial charge in [-0.1, -0.05) is 61.5 Å². The number of nitrogens with one attached hydrogen (secondary N) is 1. The van der Waals surface area contributed by atoms with E-state index in [0.717, 1.165) is 16.7 Å². The van der Waals surface area contributed by atoms with Crippen molar-refractivity contribution in [2.45, 2.75) is 33.1 Å². The van der Waals surface area contributed by atoms with Gasteiger partial charge in [-0.2, -0.15) is 0 Å². The number of rotatable bonds is 9. The third kappa shape index (κ3) is 6.33. The lowest BCUT2D eigenvalue weighted by atomic mass is 10.1.